The number of nitrogens with zero attached hydrogens (tertiary/aromatic N) is 6. The van der Waals surface area contributed by atoms with Gasteiger partial charge in [-0.2, -0.15) is 10.2 Å². The van der Waals surface area contributed by atoms with E-state index in [1.807, 2.05) is 104 Å². The molecule has 0 fully saturated rings. The van der Waals surface area contributed by atoms with Crippen molar-refractivity contribution in [1.29, 1.82) is 0 Å². The van der Waals surface area contributed by atoms with Gasteiger partial charge in [0.15, 0.2) is 0 Å². The number of rotatable bonds is 4. The van der Waals surface area contributed by atoms with Gasteiger partial charge in [0.2, 0.25) is 0 Å². The first-order chi connectivity index (χ1) is 18.1. The molecular weight excluding hydrogens is 615 g/mol. The summed E-state index contributed by atoms with van der Waals surface area (Å²) in [7, 11) is 0. The third-order valence-electron chi connectivity index (χ3n) is 4.62. The molecule has 5 rings (SSSR count). The fourth-order valence-electron chi connectivity index (χ4n) is 2.86. The van der Waals surface area contributed by atoms with Gasteiger partial charge in [-0.25, -0.2) is 0 Å². The normalized spacial score (nSPS) is 10.0. The zero-order valence-electron chi connectivity index (χ0n) is 21.0. The molecular formula is C29H26ClN7RuS. The minimum absolute atomic E-state index is 0. The molecule has 2 N–H and O–H groups in total. The van der Waals surface area contributed by atoms with E-state index in [9.17, 15) is 0 Å². The smallest absolute Gasteiger partial charge is 1.00 e. The van der Waals surface area contributed by atoms with Crippen LogP contribution in [0.25, 0.3) is 22.8 Å². The molecule has 0 spiro atoms. The molecule has 0 atom stereocenters. The van der Waals surface area contributed by atoms with E-state index in [4.69, 9.17) is 5.73 Å². The zero-order chi connectivity index (χ0) is 26.1. The number of aryl methyl sites for hydroxylation is 1. The number of halogens is 1. The first-order valence-corrected chi connectivity index (χ1v) is 11.8. The molecule has 0 amide bonds. The Bertz CT molecular complexity index is 1220. The van der Waals surface area contributed by atoms with Gasteiger partial charge >= 0.3 is 19.5 Å². The topological polar surface area (TPSA) is 102 Å². The molecule has 4 heterocycles. The third kappa shape index (κ3) is 12.9. The van der Waals surface area contributed by atoms with Crippen LogP contribution in [0.3, 0.4) is 0 Å². The van der Waals surface area contributed by atoms with Crippen LogP contribution in [0.4, 0.5) is 0 Å². The summed E-state index contributed by atoms with van der Waals surface area (Å²) >= 11 is 4.53. The summed E-state index contributed by atoms with van der Waals surface area (Å²) in [6.45, 7) is 2.03. The molecule has 0 saturated heterocycles. The van der Waals surface area contributed by atoms with Crippen LogP contribution in [0.5, 0.6) is 0 Å². The van der Waals surface area contributed by atoms with Gasteiger partial charge in [0.05, 0.1) is 29.0 Å². The number of aromatic nitrogens is 4. The minimum atomic E-state index is 0. The van der Waals surface area contributed by atoms with Crippen molar-refractivity contribution in [3.8, 4) is 22.8 Å². The Morgan fingerprint density at radius 2 is 1.00 bits per heavy atom. The average molecular weight is 641 g/mol. The average Bonchev–Trinajstić information content (AvgIpc) is 2.97. The van der Waals surface area contributed by atoms with Gasteiger partial charge < -0.3 is 30.8 Å². The third-order valence-corrected chi connectivity index (χ3v) is 4.71. The maximum Gasteiger partial charge on any atom is 2.00 e. The Balaban J connectivity index is 0.000000285. The number of pyridine rings is 4. The molecule has 0 bridgehead atoms. The van der Waals surface area contributed by atoms with Gasteiger partial charge in [-0.15, -0.1) is 0 Å². The second-order valence-electron chi connectivity index (χ2n) is 7.45. The molecule has 4 aromatic heterocycles. The second-order valence-corrected chi connectivity index (χ2v) is 7.87. The largest absolute Gasteiger partial charge is 2.00 e. The van der Waals surface area contributed by atoms with E-state index in [0.29, 0.717) is 0 Å². The van der Waals surface area contributed by atoms with Crippen LogP contribution in [-0.4, -0.2) is 31.3 Å². The van der Waals surface area contributed by atoms with E-state index in [2.05, 4.69) is 42.8 Å². The maximum absolute atomic E-state index is 5.13. The Labute approximate surface area is 253 Å². The second kappa shape index (κ2) is 19.2. The van der Waals surface area contributed by atoms with Crippen LogP contribution in [-0.2, 0) is 32.1 Å². The van der Waals surface area contributed by atoms with Crippen LogP contribution >= 0.6 is 0 Å². The number of hydrogen-bond acceptors (Lipinski definition) is 7. The molecule has 0 aliphatic carbocycles. The van der Waals surface area contributed by atoms with Crippen LogP contribution in [0.1, 0.15) is 11.1 Å². The molecule has 0 unspecified atom stereocenters. The van der Waals surface area contributed by atoms with Crippen LogP contribution in [0.2, 0.25) is 0 Å². The van der Waals surface area contributed by atoms with Crippen molar-refractivity contribution in [2.24, 2.45) is 15.9 Å². The van der Waals surface area contributed by atoms with Crippen molar-refractivity contribution in [3.63, 3.8) is 0 Å². The van der Waals surface area contributed by atoms with Crippen LogP contribution in [0, 0.1) is 6.92 Å². The van der Waals surface area contributed by atoms with E-state index in [1.165, 1.54) is 5.56 Å². The quantitative estimate of drug-likeness (QED) is 0.107. The van der Waals surface area contributed by atoms with Crippen molar-refractivity contribution >= 4 is 24.0 Å². The van der Waals surface area contributed by atoms with E-state index < -0.39 is 0 Å². The monoisotopic (exact) mass is 641 g/mol. The summed E-state index contributed by atoms with van der Waals surface area (Å²) in [5.41, 5.74) is 11.0. The predicted octanol–water partition coefficient (Wildman–Crippen LogP) is 2.48. The van der Waals surface area contributed by atoms with Crippen molar-refractivity contribution in [2.75, 3.05) is 0 Å². The number of nitrogens with two attached hydrogens (primary N) is 1. The molecule has 198 valence electrons. The molecule has 1 aromatic carbocycles. The molecule has 7 nitrogen and oxygen atoms in total. The first kappa shape index (κ1) is 33.1. The minimum Gasteiger partial charge on any atom is -1.00 e. The van der Waals surface area contributed by atoms with Gasteiger partial charge in [0.25, 0.3) is 0 Å². The molecule has 0 aliphatic rings. The van der Waals surface area contributed by atoms with Crippen molar-refractivity contribution in [2.45, 2.75) is 6.92 Å². The number of benzene rings is 1. The summed E-state index contributed by atoms with van der Waals surface area (Å²) < 4.78 is 0. The van der Waals surface area contributed by atoms with Crippen LogP contribution < -0.4 is 18.1 Å². The number of amidine groups is 1. The Morgan fingerprint density at radius 3 is 1.28 bits per heavy atom. The summed E-state index contributed by atoms with van der Waals surface area (Å²) in [4.78, 5) is 16.7. The van der Waals surface area contributed by atoms with Gasteiger partial charge in [-0.1, -0.05) is 54.1 Å². The molecule has 39 heavy (non-hydrogen) atoms. The molecule has 5 aromatic rings. The van der Waals surface area contributed by atoms with E-state index >= 15 is 0 Å². The fraction of sp³-hybridized carbons (Fsp3) is 0.0345. The number of hydrogen-bond donors (Lipinski definition) is 1. The fourth-order valence-corrected chi connectivity index (χ4v) is 2.91. The van der Waals surface area contributed by atoms with E-state index in [1.54, 1.807) is 31.0 Å². The van der Waals surface area contributed by atoms with E-state index in [0.717, 1.165) is 28.3 Å². The molecule has 0 radical (unpaired) electrons. The van der Waals surface area contributed by atoms with Crippen molar-refractivity contribution < 1.29 is 31.9 Å². The zero-order valence-corrected chi connectivity index (χ0v) is 24.3. The summed E-state index contributed by atoms with van der Waals surface area (Å²) in [5.74, 6) is 0. The summed E-state index contributed by atoms with van der Waals surface area (Å²) in [6, 6.07) is 31.1. The Hall–Kier alpha value is -3.91. The summed E-state index contributed by atoms with van der Waals surface area (Å²) in [6.07, 6.45) is 8.68. The maximum atomic E-state index is 5.13. The van der Waals surface area contributed by atoms with Crippen molar-refractivity contribution in [1.82, 2.24) is 19.9 Å². The summed E-state index contributed by atoms with van der Waals surface area (Å²) in [5, 5.41) is 7.27. The van der Waals surface area contributed by atoms with Gasteiger partial charge in [0, 0.05) is 24.8 Å². The molecule has 0 saturated carbocycles. The predicted molar refractivity (Wildman–Crippen MR) is 153 cm³/mol. The van der Waals surface area contributed by atoms with Gasteiger partial charge in [0.1, 0.15) is 0 Å². The Kier molecular flexibility index (Phi) is 16.3. The standard InChI is InChI=1S/2C10H8N2.C9H11N3S.ClH.Ru/c2*1-3-7-11-9(5-1)10-6-2-4-8-12-10;1-7-2-4-8(5-3-7)6-11-12-9(10)13;;/h2*1-8H;2-6H,1H3,(H3,10,12,13);1H;/q;;;;+2/p-2/b;;11-6-;;. The Morgan fingerprint density at radius 1 is 0.641 bits per heavy atom. The SMILES string of the molecule is Cc1ccc(/C=N\N=C(\N)[S-])cc1.[Cl-].[Ru+2].c1ccc(-c2ccccn2)nc1.c1ccc(-c2ccccn2)nc1. The van der Waals surface area contributed by atoms with Gasteiger partial charge in [-0.3, -0.25) is 19.9 Å². The van der Waals surface area contributed by atoms with Gasteiger partial charge in [-0.05, 0) is 66.2 Å². The van der Waals surface area contributed by atoms with Crippen molar-refractivity contribution in [3.05, 3.63) is 133 Å². The van der Waals surface area contributed by atoms with E-state index in [-0.39, 0.29) is 37.1 Å². The molecule has 10 heteroatoms. The molecule has 0 aliphatic heterocycles. The van der Waals surface area contributed by atoms with Crippen LogP contribution in [0.15, 0.2) is 132 Å². The first-order valence-electron chi connectivity index (χ1n) is 11.4.